The lowest BCUT2D eigenvalue weighted by Gasteiger charge is -2.26. The Bertz CT molecular complexity index is 4660. The maximum atomic E-state index is 9.93. The Morgan fingerprint density at radius 2 is 0.722 bits per heavy atom. The van der Waals surface area contributed by atoms with Gasteiger partial charge in [-0.2, -0.15) is 0 Å². The molecule has 54 heavy (non-hydrogen) atoms. The molecule has 0 aliphatic rings. The van der Waals surface area contributed by atoms with Crippen molar-refractivity contribution in [1.29, 1.82) is 0 Å². The highest BCUT2D eigenvalue weighted by Gasteiger charge is 2.19. The first-order chi connectivity index (χ1) is 41.4. The zero-order valence-electron chi connectivity index (χ0n) is 61.9. The van der Waals surface area contributed by atoms with Crippen LogP contribution in [-0.4, -0.2) is 0 Å². The van der Waals surface area contributed by atoms with Crippen molar-refractivity contribution in [2.75, 3.05) is 4.90 Å². The van der Waals surface area contributed by atoms with Crippen molar-refractivity contribution in [3.63, 3.8) is 0 Å². The van der Waals surface area contributed by atoms with Gasteiger partial charge in [-0.3, -0.25) is 0 Å². The lowest BCUT2D eigenvalue weighted by molar-refractivity contribution is 0.673. The van der Waals surface area contributed by atoms with E-state index in [9.17, 15) is 21.9 Å². The summed E-state index contributed by atoms with van der Waals surface area (Å²) >= 11 is 0. The van der Waals surface area contributed by atoms with Crippen LogP contribution in [0.4, 0.5) is 17.1 Å². The monoisotopic (exact) mass is 724 g/mol. The predicted octanol–water partition coefficient (Wildman–Crippen LogP) is 14.9. The van der Waals surface area contributed by atoms with Crippen LogP contribution in [0.2, 0.25) is 0 Å². The van der Waals surface area contributed by atoms with Gasteiger partial charge in [0, 0.05) is 39.3 Å². The van der Waals surface area contributed by atoms with Gasteiger partial charge in [-0.25, -0.2) is 0 Å². The molecule has 2 heteroatoms. The number of furan rings is 1. The largest absolute Gasteiger partial charge is 0.455 e. The molecule has 0 amide bonds. The van der Waals surface area contributed by atoms with Crippen LogP contribution in [0.5, 0.6) is 0 Å². The molecule has 0 aliphatic carbocycles. The molecule has 0 radical (unpaired) electrons. The number of hydrogen-bond donors (Lipinski definition) is 0. The lowest BCUT2D eigenvalue weighted by Crippen LogP contribution is -2.09. The minimum atomic E-state index is -1.30. The average Bonchev–Trinajstić information content (AvgIpc) is 1.68. The van der Waals surface area contributed by atoms with Crippen molar-refractivity contribution in [2.24, 2.45) is 0 Å². The van der Waals surface area contributed by atoms with E-state index in [2.05, 4.69) is 0 Å². The average molecular weight is 725 g/mol. The van der Waals surface area contributed by atoms with Gasteiger partial charge < -0.3 is 9.32 Å². The zero-order valence-corrected chi connectivity index (χ0v) is 26.9. The van der Waals surface area contributed by atoms with E-state index < -0.39 is 306 Å². The van der Waals surface area contributed by atoms with Gasteiger partial charge in [0.05, 0.1) is 48.0 Å². The summed E-state index contributed by atoms with van der Waals surface area (Å²) in [5, 5.41) is -2.93. The predicted molar refractivity (Wildman–Crippen MR) is 228 cm³/mol. The van der Waals surface area contributed by atoms with Gasteiger partial charge in [0.25, 0.3) is 0 Å². The summed E-state index contributed by atoms with van der Waals surface area (Å²) in [7, 11) is 0. The van der Waals surface area contributed by atoms with Crippen molar-refractivity contribution in [3.8, 4) is 44.5 Å². The summed E-state index contributed by atoms with van der Waals surface area (Å²) in [4.78, 5) is 0.298. The zero-order chi connectivity index (χ0) is 66.3. The molecular weight excluding hydrogens is 655 g/mol. The highest BCUT2D eigenvalue weighted by molar-refractivity contribution is 6.19. The molecule has 0 saturated heterocycles. The topological polar surface area (TPSA) is 16.4 Å². The maximum absolute atomic E-state index is 9.93. The first kappa shape index (κ1) is 11.9. The molecule has 0 N–H and O–H groups in total. The third-order valence-electron chi connectivity index (χ3n) is 7.88. The Hall–Kier alpha value is -7.16. The highest BCUT2D eigenvalue weighted by Crippen LogP contribution is 2.43. The van der Waals surface area contributed by atoms with Crippen molar-refractivity contribution >= 4 is 49.8 Å². The second-order valence-electron chi connectivity index (χ2n) is 11.0. The van der Waals surface area contributed by atoms with Crippen LogP contribution >= 0.6 is 0 Å². The second kappa shape index (κ2) is 13.4. The molecule has 254 valence electrons. The van der Waals surface area contributed by atoms with Crippen LogP contribution in [-0.2, 0) is 0 Å². The summed E-state index contributed by atoms with van der Waals surface area (Å²) in [6.45, 7) is 0. The van der Waals surface area contributed by atoms with E-state index in [1.807, 2.05) is 0 Å². The number of fused-ring (bicyclic) bond motifs is 5. The van der Waals surface area contributed by atoms with Crippen molar-refractivity contribution < 1.29 is 52.4 Å². The van der Waals surface area contributed by atoms with Crippen LogP contribution in [0.25, 0.3) is 77.2 Å². The van der Waals surface area contributed by atoms with Crippen LogP contribution in [0.3, 0.4) is 0 Å². The van der Waals surface area contributed by atoms with Crippen molar-refractivity contribution in [2.45, 2.75) is 0 Å². The standard InChI is InChI=1S/C52H35NO/c1-4-12-36(13-5-1)39-20-22-42(23-21-39)49-35-50-47-33-32-45(34-51(47)54-52(50)48-19-11-10-18-46(48)49)53(43-28-24-40(25-29-43)37-14-6-2-7-15-37)44-30-26-41(27-31-44)38-16-8-3-9-17-38/h1-35H/i1D,2D,3D,4D,5D,6D,7D,8D,9D,10D,11D,12D,13D,14D,15D,16D,17D,18D,19D,20D,21D,22D,23D,24D,25D,26D,27D,28D,29D,30D,31D,32D,33D,34D,35D. The maximum Gasteiger partial charge on any atom is 0.143 e. The van der Waals surface area contributed by atoms with Gasteiger partial charge in [0.15, 0.2) is 0 Å². The Balaban J connectivity index is 1.38. The number of nitrogens with zero attached hydrogens (tertiary/aromatic N) is 1. The van der Waals surface area contributed by atoms with Crippen LogP contribution in [0.15, 0.2) is 216 Å². The molecule has 2 nitrogen and oxygen atoms in total. The van der Waals surface area contributed by atoms with Crippen molar-refractivity contribution in [3.05, 3.63) is 211 Å². The SMILES string of the molecule is [2H]c1c([2H])c([2H])c(-c2c([2H])c([2H])c(-c3c([2H])c4c(oc5c([2H])c(N(c6c([2H])c([2H])c(-c7c([2H])c([2H])c([2H])c([2H])c7[2H])c([2H])c6[2H])c6c([2H])c([2H])c(-c7c([2H])c([2H])c([2H])c([2H])c7[2H])c([2H])c6[2H])c([2H])c([2H])c54)c4c([2H])c([2H])c([2H])c([2H])c34)c([2H])c2[2H])c([2H])c1[2H]. The molecule has 0 unspecified atom stereocenters. The van der Waals surface area contributed by atoms with E-state index in [1.165, 1.54) is 0 Å². The van der Waals surface area contributed by atoms with E-state index in [4.69, 9.17) is 30.5 Å². The van der Waals surface area contributed by atoms with Gasteiger partial charge in [-0.15, -0.1) is 0 Å². The smallest absolute Gasteiger partial charge is 0.143 e. The highest BCUT2D eigenvalue weighted by atomic mass is 16.3. The Labute approximate surface area is 364 Å². The van der Waals surface area contributed by atoms with Gasteiger partial charge in [0.1, 0.15) is 11.2 Å². The second-order valence-corrected chi connectivity index (χ2v) is 11.0. The van der Waals surface area contributed by atoms with E-state index in [0.717, 1.165) is 0 Å². The van der Waals surface area contributed by atoms with E-state index >= 15 is 0 Å². The fourth-order valence-corrected chi connectivity index (χ4v) is 5.46. The molecule has 0 bridgehead atoms. The molecule has 0 aliphatic heterocycles. The first-order valence-electron chi connectivity index (χ1n) is 33.1. The molecule has 1 heterocycles. The van der Waals surface area contributed by atoms with Crippen LogP contribution in [0.1, 0.15) is 48.0 Å². The summed E-state index contributed by atoms with van der Waals surface area (Å²) in [6, 6.07) is -37.2. The first-order valence-corrected chi connectivity index (χ1v) is 15.6. The molecule has 0 atom stereocenters. The Kier molecular flexibility index (Phi) is 2.97. The number of benzene rings is 9. The quantitative estimate of drug-likeness (QED) is 0.163. The molecule has 1 aromatic heterocycles. The number of anilines is 3. The van der Waals surface area contributed by atoms with Gasteiger partial charge in [0.2, 0.25) is 0 Å². The Morgan fingerprint density at radius 3 is 1.24 bits per heavy atom. The third-order valence-corrected chi connectivity index (χ3v) is 7.88. The summed E-state index contributed by atoms with van der Waals surface area (Å²) in [5.41, 5.74) is -12.1. The minimum Gasteiger partial charge on any atom is -0.455 e. The van der Waals surface area contributed by atoms with Gasteiger partial charge in [-0.05, 0) is 92.2 Å². The van der Waals surface area contributed by atoms with Gasteiger partial charge in [-0.1, -0.05) is 163 Å². The molecule has 10 aromatic rings. The summed E-state index contributed by atoms with van der Waals surface area (Å²) in [6.07, 6.45) is 0. The normalized spacial score (nSPS) is 20.4. The molecular formula is C52H35NO. The molecule has 10 rings (SSSR count). The van der Waals surface area contributed by atoms with E-state index in [0.29, 0.717) is 4.90 Å². The summed E-state index contributed by atoms with van der Waals surface area (Å²) in [5.74, 6) is 0. The fourth-order valence-electron chi connectivity index (χ4n) is 5.46. The fraction of sp³-hybridized carbons (Fsp3) is 0. The van der Waals surface area contributed by atoms with E-state index in [-0.39, 0.29) is 0 Å². The molecule has 0 spiro atoms. The van der Waals surface area contributed by atoms with Crippen LogP contribution in [0, 0.1) is 0 Å². The molecule has 0 fully saturated rings. The minimum absolute atomic E-state index is 0.298. The van der Waals surface area contributed by atoms with Gasteiger partial charge >= 0.3 is 0 Å². The molecule has 9 aromatic carbocycles. The number of hydrogen-bond acceptors (Lipinski definition) is 2. The third kappa shape index (κ3) is 5.71. The van der Waals surface area contributed by atoms with Crippen molar-refractivity contribution in [1.82, 2.24) is 0 Å². The molecule has 0 saturated carbocycles. The van der Waals surface area contributed by atoms with E-state index in [1.54, 1.807) is 0 Å². The number of rotatable bonds is 7. The lowest BCUT2D eigenvalue weighted by atomic mass is 9.94. The summed E-state index contributed by atoms with van der Waals surface area (Å²) < 4.78 is 319. The van der Waals surface area contributed by atoms with Crippen LogP contribution < -0.4 is 4.90 Å². The Morgan fingerprint density at radius 1 is 0.315 bits per heavy atom.